The van der Waals surface area contributed by atoms with E-state index < -0.39 is 24.6 Å². The first-order valence-electron chi connectivity index (χ1n) is 4.65. The number of carboxylic acids is 1. The minimum Gasteiger partial charge on any atom is -0.480 e. The summed E-state index contributed by atoms with van der Waals surface area (Å²) in [5, 5.41) is 11.1. The number of carboxylic acid groups (broad SMARTS) is 1. The molecule has 1 heterocycles. The Morgan fingerprint density at radius 2 is 2.18 bits per heavy atom. The molecule has 0 spiro atoms. The van der Waals surface area contributed by atoms with E-state index in [9.17, 15) is 18.0 Å². The van der Waals surface area contributed by atoms with E-state index in [0.717, 1.165) is 12.4 Å². The predicted molar refractivity (Wildman–Crippen MR) is 52.5 cm³/mol. The average Bonchev–Trinajstić information content (AvgIpc) is 2.15. The van der Waals surface area contributed by atoms with Crippen LogP contribution in [-0.2, 0) is 11.2 Å². The van der Waals surface area contributed by atoms with Crippen molar-refractivity contribution >= 4 is 11.8 Å². The van der Waals surface area contributed by atoms with E-state index in [4.69, 9.17) is 5.11 Å². The summed E-state index contributed by atoms with van der Waals surface area (Å²) < 4.78 is 36.3. The lowest BCUT2D eigenvalue weighted by molar-refractivity contribution is -0.137. The third kappa shape index (κ3) is 4.66. The molecule has 1 unspecified atom stereocenters. The first-order valence-corrected chi connectivity index (χ1v) is 4.65. The van der Waals surface area contributed by atoms with Crippen LogP contribution in [0.3, 0.4) is 0 Å². The van der Waals surface area contributed by atoms with Crippen LogP contribution in [0.5, 0.6) is 0 Å². The highest BCUT2D eigenvalue weighted by atomic mass is 19.4. The average molecular weight is 249 g/mol. The Morgan fingerprint density at radius 1 is 1.53 bits per heavy atom. The zero-order chi connectivity index (χ0) is 13.1. The topological polar surface area (TPSA) is 75.1 Å². The van der Waals surface area contributed by atoms with E-state index in [1.54, 1.807) is 0 Å². The van der Waals surface area contributed by atoms with Gasteiger partial charge in [-0.2, -0.15) is 13.2 Å². The number of rotatable bonds is 4. The Kier molecular flexibility index (Phi) is 3.87. The Bertz CT molecular complexity index is 409. The number of anilines is 1. The molecule has 94 valence electrons. The highest BCUT2D eigenvalue weighted by Gasteiger charge is 2.28. The molecular formula is C9H10F3N3O2. The molecule has 5 nitrogen and oxygen atoms in total. The van der Waals surface area contributed by atoms with Crippen molar-refractivity contribution in [3.8, 4) is 0 Å². The van der Waals surface area contributed by atoms with E-state index in [0.29, 0.717) is 0 Å². The molecule has 0 aliphatic carbocycles. The number of aromatic nitrogens is 2. The van der Waals surface area contributed by atoms with E-state index in [-0.39, 0.29) is 11.5 Å². The van der Waals surface area contributed by atoms with Crippen molar-refractivity contribution < 1.29 is 23.1 Å². The van der Waals surface area contributed by atoms with Gasteiger partial charge in [-0.15, -0.1) is 0 Å². The fraction of sp³-hybridized carbons (Fsp3) is 0.444. The summed E-state index contributed by atoms with van der Waals surface area (Å²) in [6, 6.07) is 0.135. The van der Waals surface area contributed by atoms with Crippen molar-refractivity contribution in [3.63, 3.8) is 0 Å². The zero-order valence-corrected chi connectivity index (χ0v) is 8.82. The second-order valence-electron chi connectivity index (χ2n) is 3.39. The number of carbonyl (C=O) groups is 1. The molecule has 0 saturated carbocycles. The van der Waals surface area contributed by atoms with E-state index in [2.05, 4.69) is 15.3 Å². The van der Waals surface area contributed by atoms with Crippen LogP contribution >= 0.6 is 0 Å². The molecule has 1 aromatic rings. The van der Waals surface area contributed by atoms with Gasteiger partial charge in [-0.05, 0) is 6.92 Å². The molecule has 0 bridgehead atoms. The molecule has 1 aromatic heterocycles. The number of aliphatic carboxylic acids is 1. The normalized spacial score (nSPS) is 13.2. The second-order valence-corrected chi connectivity index (χ2v) is 3.39. The molecule has 0 aliphatic rings. The number of nitrogens with zero attached hydrogens (tertiary/aromatic N) is 2. The molecule has 0 aromatic carbocycles. The lowest BCUT2D eigenvalue weighted by Crippen LogP contribution is -2.26. The van der Waals surface area contributed by atoms with Gasteiger partial charge in [0.2, 0.25) is 0 Å². The molecule has 0 aliphatic heterocycles. The van der Waals surface area contributed by atoms with Gasteiger partial charge >= 0.3 is 12.1 Å². The van der Waals surface area contributed by atoms with Crippen LogP contribution in [0.15, 0.2) is 12.4 Å². The quantitative estimate of drug-likeness (QED) is 0.845. The third-order valence-electron chi connectivity index (χ3n) is 1.84. The van der Waals surface area contributed by atoms with Gasteiger partial charge in [0.1, 0.15) is 18.2 Å². The van der Waals surface area contributed by atoms with Crippen LogP contribution in [-0.4, -0.2) is 33.3 Å². The van der Waals surface area contributed by atoms with Gasteiger partial charge < -0.3 is 10.4 Å². The van der Waals surface area contributed by atoms with E-state index >= 15 is 0 Å². The monoisotopic (exact) mass is 249 g/mol. The Hall–Kier alpha value is -1.86. The van der Waals surface area contributed by atoms with Crippen LogP contribution in [0.1, 0.15) is 12.6 Å². The van der Waals surface area contributed by atoms with Gasteiger partial charge in [0.05, 0.1) is 12.1 Å². The maximum atomic E-state index is 12.1. The highest BCUT2D eigenvalue weighted by molar-refractivity contribution is 5.76. The van der Waals surface area contributed by atoms with E-state index in [1.165, 1.54) is 6.92 Å². The Morgan fingerprint density at radius 3 is 2.71 bits per heavy atom. The van der Waals surface area contributed by atoms with Crippen LogP contribution in [0, 0.1) is 0 Å². The minimum atomic E-state index is -4.36. The molecule has 8 heteroatoms. The van der Waals surface area contributed by atoms with Crippen molar-refractivity contribution in [1.29, 1.82) is 0 Å². The highest BCUT2D eigenvalue weighted by Crippen LogP contribution is 2.20. The molecule has 1 rings (SSSR count). The van der Waals surface area contributed by atoms with Crippen molar-refractivity contribution in [1.82, 2.24) is 9.97 Å². The Balaban J connectivity index is 2.76. The van der Waals surface area contributed by atoms with Crippen molar-refractivity contribution in [3.05, 3.63) is 18.1 Å². The van der Waals surface area contributed by atoms with Crippen LogP contribution < -0.4 is 5.32 Å². The standard InChI is InChI=1S/C9H10F3N3O2/c1-5(8(16)17)15-7-2-6(13-4-14-7)3-9(10,11)12/h2,4-5H,3H2,1H3,(H,16,17)(H,13,14,15). The number of alkyl halides is 3. The maximum Gasteiger partial charge on any atom is 0.394 e. The Labute approximate surface area is 94.7 Å². The summed E-state index contributed by atoms with van der Waals surface area (Å²) >= 11 is 0. The first-order chi connectivity index (χ1) is 7.78. The van der Waals surface area contributed by atoms with E-state index in [1.807, 2.05) is 0 Å². The number of halogens is 3. The summed E-state index contributed by atoms with van der Waals surface area (Å²) in [4.78, 5) is 17.6. The lowest BCUT2D eigenvalue weighted by Gasteiger charge is -2.11. The fourth-order valence-electron chi connectivity index (χ4n) is 1.06. The first kappa shape index (κ1) is 13.2. The SMILES string of the molecule is CC(Nc1cc(CC(F)(F)F)ncn1)C(=O)O. The number of hydrogen-bond donors (Lipinski definition) is 2. The number of hydrogen-bond acceptors (Lipinski definition) is 4. The van der Waals surface area contributed by atoms with Crippen molar-refractivity contribution in [2.75, 3.05) is 5.32 Å². The summed E-state index contributed by atoms with van der Waals surface area (Å²) in [6.45, 7) is 1.36. The summed E-state index contributed by atoms with van der Waals surface area (Å²) in [5.41, 5.74) is -0.215. The fourth-order valence-corrected chi connectivity index (χ4v) is 1.06. The van der Waals surface area contributed by atoms with Crippen LogP contribution in [0.2, 0.25) is 0 Å². The second kappa shape index (κ2) is 4.98. The summed E-state index contributed by atoms with van der Waals surface area (Å²) in [5.74, 6) is -1.07. The van der Waals surface area contributed by atoms with Crippen LogP contribution in [0.25, 0.3) is 0 Å². The molecule has 0 amide bonds. The zero-order valence-electron chi connectivity index (χ0n) is 8.82. The van der Waals surface area contributed by atoms with Gasteiger partial charge in [0.25, 0.3) is 0 Å². The summed E-state index contributed by atoms with van der Waals surface area (Å²) in [6.07, 6.45) is -4.58. The van der Waals surface area contributed by atoms with Gasteiger partial charge in [0.15, 0.2) is 0 Å². The molecule has 2 N–H and O–H groups in total. The summed E-state index contributed by atoms with van der Waals surface area (Å²) in [7, 11) is 0. The molecular weight excluding hydrogens is 239 g/mol. The minimum absolute atomic E-state index is 0.0501. The van der Waals surface area contributed by atoms with Crippen molar-refractivity contribution in [2.45, 2.75) is 25.6 Å². The lowest BCUT2D eigenvalue weighted by atomic mass is 10.2. The smallest absolute Gasteiger partial charge is 0.394 e. The van der Waals surface area contributed by atoms with Crippen molar-refractivity contribution in [2.24, 2.45) is 0 Å². The molecule has 1 atom stereocenters. The van der Waals surface area contributed by atoms with Gasteiger partial charge in [-0.25, -0.2) is 9.97 Å². The molecule has 17 heavy (non-hydrogen) atoms. The number of nitrogens with one attached hydrogen (secondary N) is 1. The largest absolute Gasteiger partial charge is 0.480 e. The molecule has 0 saturated heterocycles. The maximum absolute atomic E-state index is 12.1. The van der Waals surface area contributed by atoms with Gasteiger partial charge in [-0.3, -0.25) is 4.79 Å². The van der Waals surface area contributed by atoms with Crippen LogP contribution in [0.4, 0.5) is 19.0 Å². The van der Waals surface area contributed by atoms with Gasteiger partial charge in [0, 0.05) is 6.07 Å². The third-order valence-corrected chi connectivity index (χ3v) is 1.84. The predicted octanol–water partition coefficient (Wildman–Crippen LogP) is 1.47. The molecule has 0 fully saturated rings. The van der Waals surface area contributed by atoms with Gasteiger partial charge in [-0.1, -0.05) is 0 Å². The molecule has 0 radical (unpaired) electrons.